The number of anilines is 1. The first-order valence-electron chi connectivity index (χ1n) is 10.8. The summed E-state index contributed by atoms with van der Waals surface area (Å²) in [6.07, 6.45) is 2.78. The third kappa shape index (κ3) is 5.66. The Balaban J connectivity index is 1.62. The van der Waals surface area contributed by atoms with Crippen LogP contribution in [0, 0.1) is 19.8 Å². The molecule has 5 heteroatoms. The largest absolute Gasteiger partial charge is 0.338 e. The van der Waals surface area contributed by atoms with Crippen LogP contribution in [0.2, 0.25) is 0 Å². The lowest BCUT2D eigenvalue weighted by Crippen LogP contribution is -2.43. The molecule has 2 aromatic rings. The number of amides is 2. The number of thioether (sulfide) groups is 1. The lowest BCUT2D eigenvalue weighted by Gasteiger charge is -2.32. The molecule has 160 valence electrons. The molecule has 1 fully saturated rings. The Hall–Kier alpha value is -2.27. The van der Waals surface area contributed by atoms with Crippen molar-refractivity contribution in [3.05, 3.63) is 59.2 Å². The lowest BCUT2D eigenvalue weighted by molar-refractivity contribution is -0.121. The minimum atomic E-state index is -0.179. The Morgan fingerprint density at radius 2 is 1.90 bits per heavy atom. The maximum Gasteiger partial charge on any atom is 0.253 e. The third-order valence-corrected chi connectivity index (χ3v) is 7.01. The van der Waals surface area contributed by atoms with Crippen molar-refractivity contribution < 1.29 is 9.59 Å². The first-order valence-corrected chi connectivity index (χ1v) is 11.7. The smallest absolute Gasteiger partial charge is 0.253 e. The monoisotopic (exact) mass is 424 g/mol. The highest BCUT2D eigenvalue weighted by Gasteiger charge is 2.29. The van der Waals surface area contributed by atoms with Crippen LogP contribution >= 0.6 is 11.8 Å². The van der Waals surface area contributed by atoms with Crippen molar-refractivity contribution in [1.29, 1.82) is 0 Å². The first kappa shape index (κ1) is 22.4. The van der Waals surface area contributed by atoms with Crippen LogP contribution in [0.1, 0.15) is 54.6 Å². The highest BCUT2D eigenvalue weighted by molar-refractivity contribution is 7.99. The van der Waals surface area contributed by atoms with E-state index in [1.165, 1.54) is 4.90 Å². The molecule has 0 radical (unpaired) electrons. The number of carbonyl (C=O) groups excluding carboxylic acids is 2. The molecule has 0 aliphatic carbocycles. The van der Waals surface area contributed by atoms with Crippen molar-refractivity contribution in [3.8, 4) is 0 Å². The molecule has 0 saturated carbocycles. The van der Waals surface area contributed by atoms with E-state index in [2.05, 4.69) is 31.3 Å². The van der Waals surface area contributed by atoms with Gasteiger partial charge in [-0.25, -0.2) is 0 Å². The van der Waals surface area contributed by atoms with Gasteiger partial charge >= 0.3 is 0 Å². The summed E-state index contributed by atoms with van der Waals surface area (Å²) >= 11 is 1.86. The van der Waals surface area contributed by atoms with E-state index in [1.54, 1.807) is 0 Å². The summed E-state index contributed by atoms with van der Waals surface area (Å²) in [4.78, 5) is 28.8. The van der Waals surface area contributed by atoms with Crippen molar-refractivity contribution in [3.63, 3.8) is 0 Å². The van der Waals surface area contributed by atoms with Crippen molar-refractivity contribution >= 4 is 29.3 Å². The van der Waals surface area contributed by atoms with Crippen LogP contribution < -0.4 is 5.32 Å². The fraction of sp³-hybridized carbons (Fsp3) is 0.440. The number of aryl methyl sites for hydroxylation is 2. The number of hydrogen-bond donors (Lipinski definition) is 1. The summed E-state index contributed by atoms with van der Waals surface area (Å²) in [5, 5.41) is 3.67. The Bertz CT molecular complexity index is 895. The third-order valence-electron chi connectivity index (χ3n) is 5.75. The number of benzene rings is 2. The standard InChI is InChI=1S/C25H32N2O2S/c1-5-19(4)30-22-12-13-23(18(3)15-22)26-24(28)21-7-6-14-27(16-21)25(29)20-10-8-17(2)9-11-20/h8-13,15,19,21H,5-7,14,16H2,1-4H3,(H,26,28). The Morgan fingerprint density at radius 1 is 1.17 bits per heavy atom. The molecule has 2 amide bonds. The van der Waals surface area contributed by atoms with Crippen molar-refractivity contribution in [2.75, 3.05) is 18.4 Å². The summed E-state index contributed by atoms with van der Waals surface area (Å²) in [7, 11) is 0. The minimum absolute atomic E-state index is 0.00170. The van der Waals surface area contributed by atoms with Crippen LogP contribution in [0.5, 0.6) is 0 Å². The fourth-order valence-electron chi connectivity index (χ4n) is 3.65. The number of nitrogens with one attached hydrogen (secondary N) is 1. The number of hydrogen-bond acceptors (Lipinski definition) is 3. The summed E-state index contributed by atoms with van der Waals surface area (Å²) in [5.74, 6) is -0.168. The molecule has 1 N–H and O–H groups in total. The Labute approximate surface area is 184 Å². The molecular weight excluding hydrogens is 392 g/mol. The van der Waals surface area contributed by atoms with E-state index < -0.39 is 0 Å². The van der Waals surface area contributed by atoms with Gasteiger partial charge in [0, 0.05) is 34.5 Å². The lowest BCUT2D eigenvalue weighted by atomic mass is 9.96. The van der Waals surface area contributed by atoms with E-state index in [0.29, 0.717) is 23.9 Å². The van der Waals surface area contributed by atoms with Crippen LogP contribution in [0.25, 0.3) is 0 Å². The van der Waals surface area contributed by atoms with Crippen molar-refractivity contribution in [1.82, 2.24) is 4.90 Å². The van der Waals surface area contributed by atoms with Gasteiger partial charge in [-0.3, -0.25) is 9.59 Å². The van der Waals surface area contributed by atoms with Gasteiger partial charge in [0.15, 0.2) is 0 Å². The van der Waals surface area contributed by atoms with E-state index in [-0.39, 0.29) is 17.7 Å². The predicted molar refractivity (Wildman–Crippen MR) is 125 cm³/mol. The van der Waals surface area contributed by atoms with Crippen LogP contribution in [0.4, 0.5) is 5.69 Å². The van der Waals surface area contributed by atoms with E-state index in [9.17, 15) is 9.59 Å². The SMILES string of the molecule is CCC(C)Sc1ccc(NC(=O)C2CCCN(C(=O)c3ccc(C)cc3)C2)c(C)c1. The number of rotatable bonds is 6. The average Bonchev–Trinajstić information content (AvgIpc) is 2.75. The van der Waals surface area contributed by atoms with Gasteiger partial charge in [-0.2, -0.15) is 0 Å². The normalized spacial score (nSPS) is 17.5. The summed E-state index contributed by atoms with van der Waals surface area (Å²) in [6.45, 7) is 9.63. The molecule has 1 heterocycles. The maximum absolute atomic E-state index is 12.9. The molecular formula is C25H32N2O2S. The Morgan fingerprint density at radius 3 is 2.57 bits per heavy atom. The molecule has 2 aromatic carbocycles. The van der Waals surface area contributed by atoms with Gasteiger partial charge < -0.3 is 10.2 Å². The molecule has 0 spiro atoms. The maximum atomic E-state index is 12.9. The van der Waals surface area contributed by atoms with Crippen molar-refractivity contribution in [2.24, 2.45) is 5.92 Å². The number of piperidine rings is 1. The topological polar surface area (TPSA) is 49.4 Å². The zero-order chi connectivity index (χ0) is 21.7. The van der Waals surface area contributed by atoms with Gasteiger partial charge in [0.25, 0.3) is 5.91 Å². The van der Waals surface area contributed by atoms with Crippen LogP contribution in [-0.4, -0.2) is 35.1 Å². The van der Waals surface area contributed by atoms with Crippen LogP contribution in [0.15, 0.2) is 47.4 Å². The van der Waals surface area contributed by atoms with Crippen LogP contribution in [-0.2, 0) is 4.79 Å². The molecule has 30 heavy (non-hydrogen) atoms. The van der Waals surface area contributed by atoms with Gasteiger partial charge in [0.1, 0.15) is 0 Å². The number of carbonyl (C=O) groups is 2. The highest BCUT2D eigenvalue weighted by atomic mass is 32.2. The molecule has 2 atom stereocenters. The molecule has 3 rings (SSSR count). The second-order valence-corrected chi connectivity index (χ2v) is 9.77. The van der Waals surface area contributed by atoms with Crippen molar-refractivity contribution in [2.45, 2.75) is 57.1 Å². The summed E-state index contributed by atoms with van der Waals surface area (Å²) in [5.41, 5.74) is 3.74. The number of likely N-dealkylation sites (tertiary alicyclic amines) is 1. The molecule has 4 nitrogen and oxygen atoms in total. The van der Waals surface area contributed by atoms with Gasteiger partial charge in [-0.05, 0) is 69.0 Å². The Kier molecular flexibility index (Phi) is 7.59. The predicted octanol–water partition coefficient (Wildman–Crippen LogP) is 5.68. The highest BCUT2D eigenvalue weighted by Crippen LogP contribution is 2.29. The van der Waals surface area contributed by atoms with Gasteiger partial charge in [0.05, 0.1) is 5.92 Å². The summed E-state index contributed by atoms with van der Waals surface area (Å²) < 4.78 is 0. The molecule has 1 aliphatic heterocycles. The zero-order valence-corrected chi connectivity index (χ0v) is 19.2. The second-order valence-electron chi connectivity index (χ2n) is 8.26. The van der Waals surface area contributed by atoms with E-state index in [4.69, 9.17) is 0 Å². The second kappa shape index (κ2) is 10.2. The molecule has 1 saturated heterocycles. The first-order chi connectivity index (χ1) is 14.4. The zero-order valence-electron chi connectivity index (χ0n) is 18.4. The van der Waals surface area contributed by atoms with Gasteiger partial charge in [0.2, 0.25) is 5.91 Å². The molecule has 1 aliphatic rings. The summed E-state index contributed by atoms with van der Waals surface area (Å²) in [6, 6.07) is 13.8. The quantitative estimate of drug-likeness (QED) is 0.607. The van der Waals surface area contributed by atoms with Gasteiger partial charge in [-0.1, -0.05) is 31.5 Å². The molecule has 2 unspecified atom stereocenters. The average molecular weight is 425 g/mol. The van der Waals surface area contributed by atoms with Gasteiger partial charge in [-0.15, -0.1) is 11.8 Å². The molecule has 0 aromatic heterocycles. The van der Waals surface area contributed by atoms with Crippen LogP contribution in [0.3, 0.4) is 0 Å². The van der Waals surface area contributed by atoms with E-state index in [0.717, 1.165) is 36.1 Å². The minimum Gasteiger partial charge on any atom is -0.338 e. The fourth-order valence-corrected chi connectivity index (χ4v) is 4.68. The van der Waals surface area contributed by atoms with E-state index in [1.807, 2.05) is 60.8 Å². The van der Waals surface area contributed by atoms with E-state index >= 15 is 0 Å². The number of nitrogens with zero attached hydrogens (tertiary/aromatic N) is 1. The molecule has 0 bridgehead atoms.